The quantitative estimate of drug-likeness (QED) is 0.411. The molecule has 1 unspecified atom stereocenters. The summed E-state index contributed by atoms with van der Waals surface area (Å²) in [5.41, 5.74) is 0. The molecular formula is C28H70. The van der Waals surface area contributed by atoms with E-state index in [0.29, 0.717) is 0 Å². The lowest BCUT2D eigenvalue weighted by atomic mass is 9.94. The molecule has 0 heterocycles. The Hall–Kier alpha value is 0. The summed E-state index contributed by atoms with van der Waals surface area (Å²) in [6.07, 6.45) is 7.97. The maximum absolute atomic E-state index is 2.33. The Labute approximate surface area is 187 Å². The van der Waals surface area contributed by atoms with E-state index in [-0.39, 0.29) is 0 Å². The van der Waals surface area contributed by atoms with Crippen molar-refractivity contribution < 1.29 is 0 Å². The van der Waals surface area contributed by atoms with Crippen molar-refractivity contribution in [1.29, 1.82) is 0 Å². The fourth-order valence-electron chi connectivity index (χ4n) is 1.73. The molecule has 0 spiro atoms. The maximum Gasteiger partial charge on any atom is -0.0420 e. The molecule has 0 rings (SSSR count). The molecule has 0 fully saturated rings. The summed E-state index contributed by atoms with van der Waals surface area (Å²) >= 11 is 0. The molecule has 0 N–H and O–H groups in total. The van der Waals surface area contributed by atoms with Gasteiger partial charge in [0.1, 0.15) is 0 Å². The van der Waals surface area contributed by atoms with Gasteiger partial charge in [0.2, 0.25) is 0 Å². The van der Waals surface area contributed by atoms with Crippen LogP contribution in [0.1, 0.15) is 163 Å². The Morgan fingerprint density at radius 2 is 0.714 bits per heavy atom. The Kier molecular flexibility index (Phi) is 93.1. The summed E-state index contributed by atoms with van der Waals surface area (Å²) in [4.78, 5) is 0. The van der Waals surface area contributed by atoms with Crippen LogP contribution in [0.3, 0.4) is 0 Å². The van der Waals surface area contributed by atoms with Crippen molar-refractivity contribution >= 4 is 0 Å². The molecule has 0 radical (unpaired) electrons. The van der Waals surface area contributed by atoms with Crippen molar-refractivity contribution in [3.05, 3.63) is 0 Å². The number of rotatable bonds is 6. The number of unbranched alkanes of at least 4 members (excludes halogenated alkanes) is 1. The van der Waals surface area contributed by atoms with Crippen LogP contribution in [0.25, 0.3) is 0 Å². The van der Waals surface area contributed by atoms with Gasteiger partial charge in [0, 0.05) is 0 Å². The summed E-state index contributed by atoms with van der Waals surface area (Å²) < 4.78 is 0. The minimum Gasteiger partial charge on any atom is -0.0683 e. The third-order valence-electron chi connectivity index (χ3n) is 3.32. The lowest BCUT2D eigenvalue weighted by Crippen LogP contribution is -2.02. The van der Waals surface area contributed by atoms with Gasteiger partial charge in [0.15, 0.2) is 0 Å². The zero-order chi connectivity index (χ0) is 24.6. The van der Waals surface area contributed by atoms with E-state index in [4.69, 9.17) is 0 Å². The van der Waals surface area contributed by atoms with Crippen LogP contribution in [-0.4, -0.2) is 0 Å². The van der Waals surface area contributed by atoms with E-state index in [1.165, 1.54) is 38.5 Å². The van der Waals surface area contributed by atoms with E-state index in [9.17, 15) is 0 Å². The molecule has 0 heteroatoms. The molecule has 0 bridgehead atoms. The van der Waals surface area contributed by atoms with Crippen LogP contribution < -0.4 is 0 Å². The van der Waals surface area contributed by atoms with E-state index in [2.05, 4.69) is 83.1 Å². The van der Waals surface area contributed by atoms with Gasteiger partial charge in [0.05, 0.1) is 0 Å². The molecule has 0 aliphatic rings. The summed E-state index contributed by atoms with van der Waals surface area (Å²) in [7, 11) is 0. The third kappa shape index (κ3) is 113. The molecule has 182 valence electrons. The minimum absolute atomic E-state index is 0.870. The molecule has 0 nitrogen and oxygen atoms in total. The van der Waals surface area contributed by atoms with Gasteiger partial charge in [-0.15, -0.1) is 0 Å². The van der Waals surface area contributed by atoms with Gasteiger partial charge in [-0.2, -0.15) is 0 Å². The molecule has 0 aliphatic carbocycles. The smallest absolute Gasteiger partial charge is 0.0420 e. The SMILES string of the molecule is CC.CC.CC.CC(C)CC(C)C.CCC.CCCC.CCCC(C)C(C)C. The fourth-order valence-corrected chi connectivity index (χ4v) is 1.73. The van der Waals surface area contributed by atoms with Crippen LogP contribution in [0.2, 0.25) is 0 Å². The van der Waals surface area contributed by atoms with Crippen LogP contribution in [0.4, 0.5) is 0 Å². The molecule has 0 saturated heterocycles. The van der Waals surface area contributed by atoms with Crippen LogP contribution in [0.5, 0.6) is 0 Å². The van der Waals surface area contributed by atoms with Crippen LogP contribution in [0.15, 0.2) is 0 Å². The van der Waals surface area contributed by atoms with Gasteiger partial charge in [-0.3, -0.25) is 0 Å². The van der Waals surface area contributed by atoms with Crippen molar-refractivity contribution in [3.8, 4) is 0 Å². The molecule has 1 atom stereocenters. The first-order valence-corrected chi connectivity index (χ1v) is 13.1. The average molecular weight is 407 g/mol. The summed E-state index contributed by atoms with van der Waals surface area (Å²) in [6.45, 7) is 38.8. The van der Waals surface area contributed by atoms with E-state index in [1.807, 2.05) is 41.5 Å². The second-order valence-corrected chi connectivity index (χ2v) is 7.74. The predicted octanol–water partition coefficient (Wildman–Crippen LogP) is 12.1. The molecular weight excluding hydrogens is 336 g/mol. The maximum atomic E-state index is 2.33. The highest BCUT2D eigenvalue weighted by atomic mass is 14.1. The van der Waals surface area contributed by atoms with Crippen molar-refractivity contribution in [1.82, 2.24) is 0 Å². The zero-order valence-electron chi connectivity index (χ0n) is 24.6. The van der Waals surface area contributed by atoms with Crippen molar-refractivity contribution in [3.63, 3.8) is 0 Å². The zero-order valence-corrected chi connectivity index (χ0v) is 24.6. The lowest BCUT2D eigenvalue weighted by Gasteiger charge is -2.12. The molecule has 0 amide bonds. The van der Waals surface area contributed by atoms with Crippen molar-refractivity contribution in [2.45, 2.75) is 163 Å². The molecule has 0 aromatic carbocycles. The van der Waals surface area contributed by atoms with Gasteiger partial charge < -0.3 is 0 Å². The molecule has 0 aliphatic heterocycles. The molecule has 0 aromatic rings. The number of hydrogen-bond donors (Lipinski definition) is 0. The Balaban J connectivity index is -0.0000000402. The van der Waals surface area contributed by atoms with Crippen molar-refractivity contribution in [2.24, 2.45) is 23.7 Å². The highest BCUT2D eigenvalue weighted by molar-refractivity contribution is 4.54. The van der Waals surface area contributed by atoms with Crippen LogP contribution in [0, 0.1) is 23.7 Å². The first-order valence-electron chi connectivity index (χ1n) is 13.1. The lowest BCUT2D eigenvalue weighted by molar-refractivity contribution is 0.389. The van der Waals surface area contributed by atoms with Gasteiger partial charge in [-0.05, 0) is 30.1 Å². The van der Waals surface area contributed by atoms with Crippen LogP contribution in [-0.2, 0) is 0 Å². The van der Waals surface area contributed by atoms with Gasteiger partial charge in [-0.25, -0.2) is 0 Å². The minimum atomic E-state index is 0.870. The standard InChI is InChI=1S/C8H18.C7H16.C4H10.C3H8.3C2H6/c1-5-6-8(4)7(2)3;1-6(2)5-7(3)4;1-3-4-2;1-3-2;3*1-2/h7-8H,5-6H2,1-4H3;6-7H,5H2,1-4H3;3-4H2,1-2H3;3H2,1-2H3;3*1-2H3. The fraction of sp³-hybridized carbons (Fsp3) is 1.00. The third-order valence-corrected chi connectivity index (χ3v) is 3.32. The Morgan fingerprint density at radius 3 is 0.750 bits per heavy atom. The first-order chi connectivity index (χ1) is 13.1. The molecule has 0 aromatic heterocycles. The normalized spacial score (nSPS) is 9.32. The van der Waals surface area contributed by atoms with Crippen molar-refractivity contribution in [2.75, 3.05) is 0 Å². The van der Waals surface area contributed by atoms with E-state index >= 15 is 0 Å². The monoisotopic (exact) mass is 407 g/mol. The first kappa shape index (κ1) is 46.3. The summed E-state index contributed by atoms with van der Waals surface area (Å²) in [6, 6.07) is 0. The topological polar surface area (TPSA) is 0 Å². The van der Waals surface area contributed by atoms with E-state index < -0.39 is 0 Å². The van der Waals surface area contributed by atoms with Gasteiger partial charge >= 0.3 is 0 Å². The van der Waals surface area contributed by atoms with E-state index in [0.717, 1.165) is 23.7 Å². The second kappa shape index (κ2) is 56.3. The average Bonchev–Trinajstić information content (AvgIpc) is 2.67. The van der Waals surface area contributed by atoms with Gasteiger partial charge in [0.25, 0.3) is 0 Å². The van der Waals surface area contributed by atoms with Crippen LogP contribution >= 0.6 is 0 Å². The largest absolute Gasteiger partial charge is 0.0683 e. The highest BCUT2D eigenvalue weighted by Gasteiger charge is 2.03. The molecule has 0 saturated carbocycles. The molecule has 28 heavy (non-hydrogen) atoms. The Bertz CT molecular complexity index is 136. The summed E-state index contributed by atoms with van der Waals surface area (Å²) in [5.74, 6) is 3.54. The second-order valence-electron chi connectivity index (χ2n) is 7.74. The van der Waals surface area contributed by atoms with E-state index in [1.54, 1.807) is 0 Å². The Morgan fingerprint density at radius 1 is 0.464 bits per heavy atom. The highest BCUT2D eigenvalue weighted by Crippen LogP contribution is 2.14. The van der Waals surface area contributed by atoms with Gasteiger partial charge in [-0.1, -0.05) is 157 Å². The number of hydrogen-bond acceptors (Lipinski definition) is 0. The predicted molar refractivity (Wildman–Crippen MR) is 144 cm³/mol. The summed E-state index contributed by atoms with van der Waals surface area (Å²) in [5, 5.41) is 0.